The van der Waals surface area contributed by atoms with Crippen LogP contribution in [0.3, 0.4) is 0 Å². The predicted molar refractivity (Wildman–Crippen MR) is 150 cm³/mol. The number of hydrogen-bond acceptors (Lipinski definition) is 6. The third-order valence-electron chi connectivity index (χ3n) is 8.25. The third-order valence-corrected chi connectivity index (χ3v) is 8.25. The SMILES string of the molecule is O=C1CCC(N2Cc3cc(OC4CN(Cc5ccc(F)cc5F)CCC4NCc4ccccc4)ccc3C2=O)C(=O)N1. The van der Waals surface area contributed by atoms with Crippen molar-refractivity contribution in [2.24, 2.45) is 0 Å². The van der Waals surface area contributed by atoms with Gasteiger partial charge in [0.1, 0.15) is 29.5 Å². The first-order valence-corrected chi connectivity index (χ1v) is 14.2. The van der Waals surface area contributed by atoms with Crippen LogP contribution in [0.5, 0.6) is 5.75 Å². The van der Waals surface area contributed by atoms with Crippen LogP contribution >= 0.6 is 0 Å². The highest BCUT2D eigenvalue weighted by Crippen LogP contribution is 2.31. The maximum atomic E-state index is 14.4. The molecular formula is C32H32F2N4O4. The molecule has 6 rings (SSSR count). The number of carbonyl (C=O) groups is 3. The number of piperidine rings is 2. The normalized spacial score (nSPS) is 22.7. The Kier molecular flexibility index (Phi) is 7.99. The maximum Gasteiger partial charge on any atom is 0.255 e. The molecule has 0 spiro atoms. The second-order valence-electron chi connectivity index (χ2n) is 11.1. The van der Waals surface area contributed by atoms with Crippen LogP contribution in [-0.4, -0.2) is 58.8 Å². The summed E-state index contributed by atoms with van der Waals surface area (Å²) in [4.78, 5) is 40.7. The molecule has 0 aromatic heterocycles. The van der Waals surface area contributed by atoms with E-state index in [1.54, 1.807) is 12.1 Å². The van der Waals surface area contributed by atoms with Gasteiger partial charge in [0.25, 0.3) is 5.91 Å². The molecule has 2 N–H and O–H groups in total. The first-order chi connectivity index (χ1) is 20.3. The molecule has 3 amide bonds. The number of ether oxygens (including phenoxy) is 1. The molecule has 3 aliphatic heterocycles. The Morgan fingerprint density at radius 3 is 2.60 bits per heavy atom. The molecule has 3 aromatic rings. The van der Waals surface area contributed by atoms with E-state index in [-0.39, 0.29) is 36.9 Å². The lowest BCUT2D eigenvalue weighted by atomic mass is 10.00. The van der Waals surface area contributed by atoms with Gasteiger partial charge < -0.3 is 15.0 Å². The van der Waals surface area contributed by atoms with E-state index < -0.39 is 23.6 Å². The van der Waals surface area contributed by atoms with Crippen molar-refractivity contribution < 1.29 is 27.9 Å². The molecule has 218 valence electrons. The molecule has 3 aromatic carbocycles. The van der Waals surface area contributed by atoms with E-state index in [4.69, 9.17) is 4.74 Å². The lowest BCUT2D eigenvalue weighted by Gasteiger charge is -2.39. The first kappa shape index (κ1) is 28.0. The van der Waals surface area contributed by atoms with E-state index in [0.717, 1.165) is 23.6 Å². The fraction of sp³-hybridized carbons (Fsp3) is 0.344. The number of amides is 3. The summed E-state index contributed by atoms with van der Waals surface area (Å²) < 4.78 is 34.4. The zero-order chi connectivity index (χ0) is 29.2. The standard InChI is InChI=1S/C32H32F2N4O4/c33-23-7-6-21(26(34)15-23)17-37-13-12-27(35-16-20-4-2-1-3-5-20)29(19-37)42-24-8-9-25-22(14-24)18-38(32(25)41)28-10-11-30(39)36-31(28)40/h1-9,14-15,27-29,35H,10-13,16-19H2,(H,36,39,40). The average Bonchev–Trinajstić information content (AvgIpc) is 3.29. The summed E-state index contributed by atoms with van der Waals surface area (Å²) in [6, 6.07) is 18.4. The zero-order valence-electron chi connectivity index (χ0n) is 23.0. The summed E-state index contributed by atoms with van der Waals surface area (Å²) in [6.45, 7) is 2.48. The minimum absolute atomic E-state index is 0.00868. The fourth-order valence-corrected chi connectivity index (χ4v) is 6.01. The van der Waals surface area contributed by atoms with Gasteiger partial charge in [-0.25, -0.2) is 8.78 Å². The molecule has 0 radical (unpaired) electrons. The molecule has 8 nitrogen and oxygen atoms in total. The molecule has 3 unspecified atom stereocenters. The van der Waals surface area contributed by atoms with Crippen molar-refractivity contribution in [1.29, 1.82) is 0 Å². The van der Waals surface area contributed by atoms with Crippen LogP contribution in [0.15, 0.2) is 66.7 Å². The van der Waals surface area contributed by atoms with Gasteiger partial charge in [0, 0.05) is 62.4 Å². The van der Waals surface area contributed by atoms with Gasteiger partial charge in [-0.15, -0.1) is 0 Å². The Labute approximate surface area is 242 Å². The molecule has 42 heavy (non-hydrogen) atoms. The highest BCUT2D eigenvalue weighted by atomic mass is 19.1. The maximum absolute atomic E-state index is 14.4. The van der Waals surface area contributed by atoms with Crippen molar-refractivity contribution in [2.45, 2.75) is 57.1 Å². The van der Waals surface area contributed by atoms with Crippen LogP contribution < -0.4 is 15.4 Å². The summed E-state index contributed by atoms with van der Waals surface area (Å²) in [6.07, 6.45) is 0.969. The van der Waals surface area contributed by atoms with Gasteiger partial charge in [0.2, 0.25) is 11.8 Å². The van der Waals surface area contributed by atoms with E-state index in [2.05, 4.69) is 27.7 Å². The first-order valence-electron chi connectivity index (χ1n) is 14.2. The Hall–Kier alpha value is -4.15. The van der Waals surface area contributed by atoms with Crippen molar-refractivity contribution in [3.8, 4) is 5.75 Å². The summed E-state index contributed by atoms with van der Waals surface area (Å²) in [5.74, 6) is -1.59. The van der Waals surface area contributed by atoms with Crippen LogP contribution in [-0.2, 0) is 29.2 Å². The largest absolute Gasteiger partial charge is 0.487 e. The lowest BCUT2D eigenvalue weighted by Crippen LogP contribution is -2.54. The van der Waals surface area contributed by atoms with E-state index in [0.29, 0.717) is 49.5 Å². The topological polar surface area (TPSA) is 91.0 Å². The van der Waals surface area contributed by atoms with Crippen molar-refractivity contribution in [1.82, 2.24) is 20.4 Å². The van der Waals surface area contributed by atoms with Gasteiger partial charge >= 0.3 is 0 Å². The number of fused-ring (bicyclic) bond motifs is 1. The number of nitrogens with one attached hydrogen (secondary N) is 2. The number of imide groups is 1. The van der Waals surface area contributed by atoms with E-state index in [9.17, 15) is 23.2 Å². The number of nitrogens with zero attached hydrogens (tertiary/aromatic N) is 2. The Balaban J connectivity index is 1.18. The second-order valence-corrected chi connectivity index (χ2v) is 11.1. The molecule has 10 heteroatoms. The van der Waals surface area contributed by atoms with Gasteiger partial charge in [-0.2, -0.15) is 0 Å². The average molecular weight is 575 g/mol. The smallest absolute Gasteiger partial charge is 0.255 e. The van der Waals surface area contributed by atoms with Crippen LogP contribution in [0.1, 0.15) is 46.3 Å². The molecule has 3 heterocycles. The van der Waals surface area contributed by atoms with E-state index in [1.807, 2.05) is 24.3 Å². The third kappa shape index (κ3) is 6.05. The number of hydrogen-bond donors (Lipinski definition) is 2. The number of halogens is 2. The van der Waals surface area contributed by atoms with Crippen LogP contribution in [0.25, 0.3) is 0 Å². The minimum Gasteiger partial charge on any atom is -0.487 e. The van der Waals surface area contributed by atoms with Crippen LogP contribution in [0.2, 0.25) is 0 Å². The summed E-state index contributed by atoms with van der Waals surface area (Å²) in [7, 11) is 0. The Morgan fingerprint density at radius 2 is 1.81 bits per heavy atom. The molecule has 3 aliphatic rings. The highest BCUT2D eigenvalue weighted by Gasteiger charge is 2.39. The van der Waals surface area contributed by atoms with Crippen LogP contribution in [0, 0.1) is 11.6 Å². The van der Waals surface area contributed by atoms with Gasteiger partial charge in [0.05, 0.1) is 0 Å². The number of likely N-dealkylation sites (tertiary alicyclic amines) is 1. The highest BCUT2D eigenvalue weighted by molar-refractivity contribution is 6.05. The molecule has 3 atom stereocenters. The molecule has 0 bridgehead atoms. The summed E-state index contributed by atoms with van der Waals surface area (Å²) in [5.41, 5.74) is 2.85. The van der Waals surface area contributed by atoms with Crippen molar-refractivity contribution in [3.05, 3.63) is 101 Å². The van der Waals surface area contributed by atoms with Gasteiger partial charge in [-0.05, 0) is 48.2 Å². The van der Waals surface area contributed by atoms with Gasteiger partial charge in [-0.3, -0.25) is 24.6 Å². The van der Waals surface area contributed by atoms with Gasteiger partial charge in [0.15, 0.2) is 0 Å². The molecule has 0 saturated carbocycles. The number of benzene rings is 3. The molecule has 0 aliphatic carbocycles. The second kappa shape index (κ2) is 12.0. The van der Waals surface area contributed by atoms with E-state index in [1.165, 1.54) is 17.0 Å². The van der Waals surface area contributed by atoms with Crippen molar-refractivity contribution in [3.63, 3.8) is 0 Å². The molecular weight excluding hydrogens is 542 g/mol. The molecule has 2 fully saturated rings. The predicted octanol–water partition coefficient (Wildman–Crippen LogP) is 3.54. The minimum atomic E-state index is -0.683. The zero-order valence-corrected chi connectivity index (χ0v) is 23.0. The fourth-order valence-electron chi connectivity index (χ4n) is 6.01. The van der Waals surface area contributed by atoms with Crippen molar-refractivity contribution >= 4 is 17.7 Å². The van der Waals surface area contributed by atoms with Crippen molar-refractivity contribution in [2.75, 3.05) is 13.1 Å². The number of rotatable bonds is 8. The summed E-state index contributed by atoms with van der Waals surface area (Å²) in [5, 5.41) is 5.95. The Bertz CT molecular complexity index is 1500. The number of carbonyl (C=O) groups excluding carboxylic acids is 3. The Morgan fingerprint density at radius 1 is 0.976 bits per heavy atom. The summed E-state index contributed by atoms with van der Waals surface area (Å²) >= 11 is 0. The van der Waals surface area contributed by atoms with Crippen LogP contribution in [0.4, 0.5) is 8.78 Å². The monoisotopic (exact) mass is 574 g/mol. The quantitative estimate of drug-likeness (QED) is 0.400. The van der Waals surface area contributed by atoms with Gasteiger partial charge in [-0.1, -0.05) is 36.4 Å². The molecule has 2 saturated heterocycles. The van der Waals surface area contributed by atoms with E-state index >= 15 is 0 Å². The lowest BCUT2D eigenvalue weighted by molar-refractivity contribution is -0.136.